The number of halogens is 4. The van der Waals surface area contributed by atoms with E-state index in [9.17, 15) is 40.7 Å². The average Bonchev–Trinajstić information content (AvgIpc) is 3.31. The fourth-order valence-corrected chi connectivity index (χ4v) is 6.07. The third-order valence-corrected chi connectivity index (χ3v) is 9.00. The number of benzene rings is 3. The molecule has 4 aromatic rings. The summed E-state index contributed by atoms with van der Waals surface area (Å²) >= 11 is 0. The summed E-state index contributed by atoms with van der Waals surface area (Å²) in [5.74, 6) is -2.72. The topological polar surface area (TPSA) is 149 Å². The molecule has 3 aromatic carbocycles. The standard InChI is InChI=1S/C31H27F4N3O6S/c1-16-4-9-21-18(10-16)11-19(12-23(21)45(3,42)43)27(39)37-14-30(41,31(33,34)35)24-13-22-26(44-15-29(22,2)28(36)40)25(38-24)17-5-7-20(32)8-6-17/h4-13,41H,14-15H2,1-3H3,(H2,36,40)(H,37,39)/t29-,30?/m0/s1. The number of carbonyl (C=O) groups excluding carboxylic acids is 2. The number of aliphatic hydroxyl groups is 1. The van der Waals surface area contributed by atoms with E-state index in [4.69, 9.17) is 10.5 Å². The third kappa shape index (κ3) is 5.59. The Labute approximate surface area is 254 Å². The van der Waals surface area contributed by atoms with Crippen LogP contribution in [0.15, 0.2) is 65.6 Å². The second kappa shape index (κ2) is 10.8. The van der Waals surface area contributed by atoms with Crippen molar-refractivity contribution in [2.24, 2.45) is 5.73 Å². The van der Waals surface area contributed by atoms with Gasteiger partial charge in [-0.2, -0.15) is 13.2 Å². The quantitative estimate of drug-likeness (QED) is 0.257. The average molecular weight is 646 g/mol. The Hall–Kier alpha value is -4.56. The van der Waals surface area contributed by atoms with Crippen LogP contribution in [0.2, 0.25) is 0 Å². The molecule has 1 aliphatic rings. The molecule has 1 unspecified atom stereocenters. The lowest BCUT2D eigenvalue weighted by Crippen LogP contribution is -2.51. The molecule has 0 saturated carbocycles. The van der Waals surface area contributed by atoms with Crippen LogP contribution in [0.4, 0.5) is 17.6 Å². The highest BCUT2D eigenvalue weighted by molar-refractivity contribution is 7.91. The van der Waals surface area contributed by atoms with Crippen LogP contribution in [-0.4, -0.2) is 55.9 Å². The summed E-state index contributed by atoms with van der Waals surface area (Å²) in [5, 5.41) is 14.0. The second-order valence-corrected chi connectivity index (χ2v) is 13.2. The van der Waals surface area contributed by atoms with Gasteiger partial charge in [0.2, 0.25) is 11.5 Å². The summed E-state index contributed by atoms with van der Waals surface area (Å²) in [6.45, 7) is 1.32. The molecule has 0 bridgehead atoms. The fraction of sp³-hybridized carbons (Fsp3) is 0.258. The smallest absolute Gasteiger partial charge is 0.424 e. The van der Waals surface area contributed by atoms with E-state index < -0.39 is 56.9 Å². The highest BCUT2D eigenvalue weighted by Crippen LogP contribution is 2.47. The van der Waals surface area contributed by atoms with Gasteiger partial charge in [0.05, 0.1) is 17.1 Å². The first-order valence-electron chi connectivity index (χ1n) is 13.4. The van der Waals surface area contributed by atoms with E-state index in [0.717, 1.165) is 36.1 Å². The van der Waals surface area contributed by atoms with E-state index in [0.29, 0.717) is 10.8 Å². The van der Waals surface area contributed by atoms with Crippen LogP contribution in [0.1, 0.15) is 34.1 Å². The van der Waals surface area contributed by atoms with Gasteiger partial charge in [0.25, 0.3) is 5.91 Å². The highest BCUT2D eigenvalue weighted by Gasteiger charge is 2.57. The Balaban J connectivity index is 1.61. The van der Waals surface area contributed by atoms with Crippen molar-refractivity contribution in [1.29, 1.82) is 0 Å². The summed E-state index contributed by atoms with van der Waals surface area (Å²) in [5.41, 5.74) is -0.533. The number of aromatic nitrogens is 1. The molecule has 0 saturated heterocycles. The van der Waals surface area contributed by atoms with Gasteiger partial charge in [-0.1, -0.05) is 23.8 Å². The number of fused-ring (bicyclic) bond motifs is 2. The van der Waals surface area contributed by atoms with Gasteiger partial charge in [-0.3, -0.25) is 9.59 Å². The van der Waals surface area contributed by atoms with Gasteiger partial charge in [0, 0.05) is 28.3 Å². The first-order chi connectivity index (χ1) is 20.8. The van der Waals surface area contributed by atoms with Crippen molar-refractivity contribution in [3.63, 3.8) is 0 Å². The van der Waals surface area contributed by atoms with Gasteiger partial charge < -0.3 is 20.9 Å². The SMILES string of the molecule is Cc1ccc2c(S(C)(=O)=O)cc(C(=O)NCC(O)(c3cc4c(c(-c5ccc(F)cc5)n3)OC[C@]4(C)C(N)=O)C(F)(F)F)cc2c1. The number of sulfone groups is 1. The zero-order valence-corrected chi connectivity index (χ0v) is 24.9. The first kappa shape index (κ1) is 31.9. The van der Waals surface area contributed by atoms with Gasteiger partial charge in [0.1, 0.15) is 29.3 Å². The molecule has 4 N–H and O–H groups in total. The van der Waals surface area contributed by atoms with Gasteiger partial charge in [-0.15, -0.1) is 0 Å². The normalized spacial score (nSPS) is 17.8. The van der Waals surface area contributed by atoms with Crippen molar-refractivity contribution < 1.29 is 45.4 Å². The number of pyridine rings is 1. The fourth-order valence-electron chi connectivity index (χ4n) is 5.14. The van der Waals surface area contributed by atoms with E-state index in [2.05, 4.69) is 10.3 Å². The summed E-state index contributed by atoms with van der Waals surface area (Å²) in [7, 11) is -3.86. The maximum atomic E-state index is 14.7. The van der Waals surface area contributed by atoms with Crippen LogP contribution >= 0.6 is 0 Å². The molecule has 2 heterocycles. The molecule has 0 fully saturated rings. The zero-order valence-electron chi connectivity index (χ0n) is 24.1. The maximum absolute atomic E-state index is 14.7. The number of rotatable bonds is 7. The molecule has 1 aliphatic heterocycles. The van der Waals surface area contributed by atoms with Crippen molar-refractivity contribution >= 4 is 32.4 Å². The second-order valence-electron chi connectivity index (χ2n) is 11.2. The summed E-state index contributed by atoms with van der Waals surface area (Å²) in [4.78, 5) is 29.5. The van der Waals surface area contributed by atoms with Crippen molar-refractivity contribution in [2.75, 3.05) is 19.4 Å². The monoisotopic (exact) mass is 645 g/mol. The van der Waals surface area contributed by atoms with E-state index in [1.54, 1.807) is 25.1 Å². The largest absolute Gasteiger partial charge is 0.489 e. The van der Waals surface area contributed by atoms with Crippen LogP contribution in [0, 0.1) is 12.7 Å². The number of nitrogens with one attached hydrogen (secondary N) is 1. The van der Waals surface area contributed by atoms with Crippen LogP contribution in [-0.2, 0) is 25.6 Å². The number of nitrogens with zero attached hydrogens (tertiary/aromatic N) is 1. The number of ether oxygens (including phenoxy) is 1. The van der Waals surface area contributed by atoms with E-state index in [-0.39, 0.29) is 39.6 Å². The summed E-state index contributed by atoms with van der Waals surface area (Å²) in [6.07, 6.45) is -4.49. The number of hydrogen-bond acceptors (Lipinski definition) is 7. The molecular formula is C31H27F4N3O6S. The minimum atomic E-state index is -5.43. The lowest BCUT2D eigenvalue weighted by atomic mass is 9.81. The third-order valence-electron chi connectivity index (χ3n) is 7.86. The van der Waals surface area contributed by atoms with Crippen LogP contribution in [0.5, 0.6) is 5.75 Å². The van der Waals surface area contributed by atoms with Gasteiger partial charge in [-0.25, -0.2) is 17.8 Å². The van der Waals surface area contributed by atoms with Crippen LogP contribution < -0.4 is 15.8 Å². The minimum absolute atomic E-state index is 0.0695. The van der Waals surface area contributed by atoms with E-state index in [1.807, 2.05) is 0 Å². The van der Waals surface area contributed by atoms with Gasteiger partial charge >= 0.3 is 6.18 Å². The molecule has 0 spiro atoms. The van der Waals surface area contributed by atoms with E-state index >= 15 is 0 Å². The summed E-state index contributed by atoms with van der Waals surface area (Å²) < 4.78 is 88.5. The number of alkyl halides is 3. The molecule has 0 aliphatic carbocycles. The predicted octanol–water partition coefficient (Wildman–Crippen LogP) is 4.07. The molecular weight excluding hydrogens is 618 g/mol. The number of hydrogen-bond donors (Lipinski definition) is 3. The van der Waals surface area contributed by atoms with Crippen molar-refractivity contribution in [2.45, 2.75) is 35.9 Å². The lowest BCUT2D eigenvalue weighted by molar-refractivity contribution is -0.265. The molecule has 45 heavy (non-hydrogen) atoms. The Morgan fingerprint density at radius 1 is 1.09 bits per heavy atom. The first-order valence-corrected chi connectivity index (χ1v) is 15.3. The molecule has 2 atom stereocenters. The van der Waals surface area contributed by atoms with Crippen LogP contribution in [0.25, 0.3) is 22.0 Å². The maximum Gasteiger partial charge on any atom is 0.424 e. The molecule has 0 radical (unpaired) electrons. The summed E-state index contributed by atoms with van der Waals surface area (Å²) in [6, 6.07) is 12.6. The minimum Gasteiger partial charge on any atom is -0.489 e. The number of nitrogens with two attached hydrogens (primary N) is 1. The molecule has 5 rings (SSSR count). The molecule has 236 valence electrons. The van der Waals surface area contributed by atoms with Crippen molar-refractivity contribution in [3.05, 3.63) is 88.9 Å². The highest BCUT2D eigenvalue weighted by atomic mass is 32.2. The predicted molar refractivity (Wildman–Crippen MR) is 156 cm³/mol. The van der Waals surface area contributed by atoms with Crippen LogP contribution in [0.3, 0.4) is 0 Å². The van der Waals surface area contributed by atoms with Crippen molar-refractivity contribution in [3.8, 4) is 17.0 Å². The Morgan fingerprint density at radius 3 is 2.36 bits per heavy atom. The van der Waals surface area contributed by atoms with Gasteiger partial charge in [0.15, 0.2) is 9.84 Å². The zero-order chi connectivity index (χ0) is 33.1. The molecule has 9 nitrogen and oxygen atoms in total. The Kier molecular flexibility index (Phi) is 7.65. The van der Waals surface area contributed by atoms with E-state index in [1.165, 1.54) is 25.1 Å². The number of aryl methyl sites for hydroxylation is 1. The molecule has 14 heteroatoms. The Morgan fingerprint density at radius 2 is 1.76 bits per heavy atom. The van der Waals surface area contributed by atoms with Gasteiger partial charge in [-0.05, 0) is 61.7 Å². The number of amides is 2. The molecule has 1 aromatic heterocycles. The van der Waals surface area contributed by atoms with Crippen molar-refractivity contribution in [1.82, 2.24) is 10.3 Å². The molecule has 2 amide bonds. The Bertz CT molecular complexity index is 1980. The number of carbonyl (C=O) groups is 2. The lowest BCUT2D eigenvalue weighted by Gasteiger charge is -2.31. The number of primary amides is 1.